The van der Waals surface area contributed by atoms with Gasteiger partial charge in [-0.2, -0.15) is 0 Å². The van der Waals surface area contributed by atoms with Gasteiger partial charge in [0.15, 0.2) is 0 Å². The third kappa shape index (κ3) is 8.78. The molecule has 2 unspecified atom stereocenters. The minimum Gasteiger partial charge on any atom is -0.458 e. The molecule has 0 rings (SSSR count). The molecule has 0 aromatic carbocycles. The van der Waals surface area contributed by atoms with E-state index in [-0.39, 0.29) is 24.4 Å². The second kappa shape index (κ2) is 9.59. The highest BCUT2D eigenvalue weighted by atomic mass is 16.7. The van der Waals surface area contributed by atoms with Crippen molar-refractivity contribution in [2.24, 2.45) is 0 Å². The van der Waals surface area contributed by atoms with Gasteiger partial charge in [0.1, 0.15) is 25.4 Å². The third-order valence-electron chi connectivity index (χ3n) is 2.19. The molecule has 7 heteroatoms. The smallest absolute Gasteiger partial charge is 0.458 e. The normalized spacial score (nSPS) is 12.5. The van der Waals surface area contributed by atoms with Gasteiger partial charge in [-0.25, -0.2) is 14.4 Å². The molecule has 0 heterocycles. The fourth-order valence-electron chi connectivity index (χ4n) is 1.06. The molecule has 124 valence electrons. The number of carbonyl (C=O) groups excluding carboxylic acids is 3. The van der Waals surface area contributed by atoms with E-state index in [0.29, 0.717) is 0 Å². The maximum atomic E-state index is 11.5. The fraction of sp³-hybridized carbons (Fsp3) is 0.533. The lowest BCUT2D eigenvalue weighted by molar-refractivity contribution is -0.143. The summed E-state index contributed by atoms with van der Waals surface area (Å²) >= 11 is 0. The van der Waals surface area contributed by atoms with Gasteiger partial charge in [0.2, 0.25) is 0 Å². The number of carbonyl (C=O) groups is 3. The van der Waals surface area contributed by atoms with Gasteiger partial charge in [0.25, 0.3) is 0 Å². The van der Waals surface area contributed by atoms with Gasteiger partial charge in [-0.3, -0.25) is 0 Å². The van der Waals surface area contributed by atoms with Crippen LogP contribution in [-0.2, 0) is 28.5 Å². The number of esters is 2. The molecule has 0 saturated heterocycles. The van der Waals surface area contributed by atoms with Crippen molar-refractivity contribution in [3.63, 3.8) is 0 Å². The van der Waals surface area contributed by atoms with E-state index in [9.17, 15) is 14.4 Å². The van der Waals surface area contributed by atoms with Gasteiger partial charge in [-0.1, -0.05) is 13.2 Å². The minimum absolute atomic E-state index is 0.111. The van der Waals surface area contributed by atoms with Crippen LogP contribution in [0, 0.1) is 0 Å². The first-order valence-electron chi connectivity index (χ1n) is 6.66. The molecule has 0 aliphatic rings. The zero-order valence-electron chi connectivity index (χ0n) is 13.3. The molecule has 0 saturated carbocycles. The van der Waals surface area contributed by atoms with Crippen molar-refractivity contribution in [2.75, 3.05) is 13.2 Å². The van der Waals surface area contributed by atoms with Crippen LogP contribution in [0.3, 0.4) is 0 Å². The van der Waals surface area contributed by atoms with Crippen molar-refractivity contribution in [1.82, 2.24) is 0 Å². The van der Waals surface area contributed by atoms with Crippen LogP contribution in [0.25, 0.3) is 0 Å². The minimum atomic E-state index is -0.947. The monoisotopic (exact) mass is 314 g/mol. The predicted molar refractivity (Wildman–Crippen MR) is 78.0 cm³/mol. The standard InChI is InChI=1S/C15H22O7/c1-9(2)13(16)19-7-11(5)21-15(18)22-12(6)8-20-14(17)10(3)4/h11-12H,1,3,7-8H2,2,4-6H3. The van der Waals surface area contributed by atoms with E-state index in [1.54, 1.807) is 13.8 Å². The highest BCUT2D eigenvalue weighted by Crippen LogP contribution is 2.03. The molecule has 0 aromatic rings. The molecule has 2 atom stereocenters. The zero-order valence-corrected chi connectivity index (χ0v) is 13.3. The molecule has 0 N–H and O–H groups in total. The van der Waals surface area contributed by atoms with Crippen molar-refractivity contribution >= 4 is 18.1 Å². The first-order chi connectivity index (χ1) is 10.1. The Morgan fingerprint density at radius 2 is 1.14 bits per heavy atom. The molecule has 7 nitrogen and oxygen atoms in total. The molecule has 0 radical (unpaired) electrons. The summed E-state index contributed by atoms with van der Waals surface area (Å²) in [7, 11) is 0. The van der Waals surface area contributed by atoms with Crippen LogP contribution >= 0.6 is 0 Å². The number of hydrogen-bond acceptors (Lipinski definition) is 7. The Hall–Kier alpha value is -2.31. The van der Waals surface area contributed by atoms with Crippen LogP contribution in [-0.4, -0.2) is 43.5 Å². The quantitative estimate of drug-likeness (QED) is 0.385. The van der Waals surface area contributed by atoms with Crippen molar-refractivity contribution in [2.45, 2.75) is 39.9 Å². The van der Waals surface area contributed by atoms with Crippen molar-refractivity contribution in [3.05, 3.63) is 24.3 Å². The van der Waals surface area contributed by atoms with E-state index in [1.165, 1.54) is 13.8 Å². The molecule has 0 amide bonds. The Balaban J connectivity index is 4.01. The first kappa shape index (κ1) is 19.7. The maximum absolute atomic E-state index is 11.5. The summed E-state index contributed by atoms with van der Waals surface area (Å²) in [6.45, 7) is 12.7. The average Bonchev–Trinajstić information content (AvgIpc) is 2.41. The summed E-state index contributed by atoms with van der Waals surface area (Å²) in [5.41, 5.74) is 0.505. The summed E-state index contributed by atoms with van der Waals surface area (Å²) in [5.74, 6) is -1.13. The molecule has 0 bridgehead atoms. The van der Waals surface area contributed by atoms with Crippen molar-refractivity contribution in [3.8, 4) is 0 Å². The first-order valence-corrected chi connectivity index (χ1v) is 6.66. The van der Waals surface area contributed by atoms with Gasteiger partial charge in [0.05, 0.1) is 0 Å². The fourth-order valence-corrected chi connectivity index (χ4v) is 1.06. The number of ether oxygens (including phenoxy) is 4. The van der Waals surface area contributed by atoms with Crippen LogP contribution in [0.4, 0.5) is 4.79 Å². The summed E-state index contributed by atoms with van der Waals surface area (Å²) in [6.07, 6.45) is -2.31. The maximum Gasteiger partial charge on any atom is 0.509 e. The Labute approximate surface area is 129 Å². The second-order valence-electron chi connectivity index (χ2n) is 4.86. The Morgan fingerprint density at radius 3 is 1.41 bits per heavy atom. The van der Waals surface area contributed by atoms with Gasteiger partial charge in [-0.05, 0) is 27.7 Å². The Morgan fingerprint density at radius 1 is 0.818 bits per heavy atom. The summed E-state index contributed by atoms with van der Waals surface area (Å²) in [4.78, 5) is 33.8. The van der Waals surface area contributed by atoms with Crippen LogP contribution in [0.2, 0.25) is 0 Å². The van der Waals surface area contributed by atoms with Gasteiger partial charge < -0.3 is 18.9 Å². The summed E-state index contributed by atoms with van der Waals surface area (Å²) < 4.78 is 19.4. The van der Waals surface area contributed by atoms with E-state index in [2.05, 4.69) is 13.2 Å². The largest absolute Gasteiger partial charge is 0.509 e. The molecule has 0 aliphatic heterocycles. The summed E-state index contributed by atoms with van der Waals surface area (Å²) in [5, 5.41) is 0. The van der Waals surface area contributed by atoms with Crippen LogP contribution in [0.1, 0.15) is 27.7 Å². The highest BCUT2D eigenvalue weighted by Gasteiger charge is 2.17. The lowest BCUT2D eigenvalue weighted by Crippen LogP contribution is -2.27. The van der Waals surface area contributed by atoms with Crippen LogP contribution in [0.15, 0.2) is 24.3 Å². The molecule has 0 fully saturated rings. The van der Waals surface area contributed by atoms with Crippen LogP contribution < -0.4 is 0 Å². The number of hydrogen-bond donors (Lipinski definition) is 0. The van der Waals surface area contributed by atoms with E-state index < -0.39 is 30.3 Å². The lowest BCUT2D eigenvalue weighted by Gasteiger charge is -2.16. The van der Waals surface area contributed by atoms with Crippen molar-refractivity contribution < 1.29 is 33.3 Å². The Kier molecular flexibility index (Phi) is 8.59. The highest BCUT2D eigenvalue weighted by molar-refractivity contribution is 5.87. The van der Waals surface area contributed by atoms with Gasteiger partial charge in [0, 0.05) is 11.1 Å². The van der Waals surface area contributed by atoms with E-state index in [0.717, 1.165) is 0 Å². The third-order valence-corrected chi connectivity index (χ3v) is 2.19. The predicted octanol–water partition coefficient (Wildman–Crippen LogP) is 2.16. The molecule has 0 aromatic heterocycles. The lowest BCUT2D eigenvalue weighted by atomic mass is 10.3. The van der Waals surface area contributed by atoms with Crippen molar-refractivity contribution in [1.29, 1.82) is 0 Å². The number of rotatable bonds is 8. The van der Waals surface area contributed by atoms with Crippen LogP contribution in [0.5, 0.6) is 0 Å². The zero-order chi connectivity index (χ0) is 17.3. The van der Waals surface area contributed by atoms with E-state index >= 15 is 0 Å². The Bertz CT molecular complexity index is 413. The molecule has 0 aliphatic carbocycles. The van der Waals surface area contributed by atoms with Gasteiger partial charge >= 0.3 is 18.1 Å². The van der Waals surface area contributed by atoms with E-state index in [1.807, 2.05) is 0 Å². The van der Waals surface area contributed by atoms with E-state index in [4.69, 9.17) is 18.9 Å². The molecular weight excluding hydrogens is 292 g/mol. The molecular formula is C15H22O7. The average molecular weight is 314 g/mol. The molecule has 22 heavy (non-hydrogen) atoms. The topological polar surface area (TPSA) is 88.1 Å². The second-order valence-corrected chi connectivity index (χ2v) is 4.86. The van der Waals surface area contributed by atoms with Gasteiger partial charge in [-0.15, -0.1) is 0 Å². The summed E-state index contributed by atoms with van der Waals surface area (Å²) in [6, 6.07) is 0. The molecule has 0 spiro atoms. The SMILES string of the molecule is C=C(C)C(=O)OCC(C)OC(=O)OC(C)COC(=O)C(=C)C.